The fraction of sp³-hybridized carbons (Fsp3) is 0.0588. The van der Waals surface area contributed by atoms with Crippen molar-refractivity contribution in [3.8, 4) is 17.6 Å². The van der Waals surface area contributed by atoms with Crippen molar-refractivity contribution in [2.24, 2.45) is 5.14 Å². The van der Waals surface area contributed by atoms with Crippen molar-refractivity contribution >= 4 is 43.6 Å². The number of benzene rings is 2. The number of methoxy groups -OCH3 is 1. The highest BCUT2D eigenvalue weighted by atomic mass is 79.9. The highest BCUT2D eigenvalue weighted by Crippen LogP contribution is 2.35. The molecule has 1 amide bonds. The first-order chi connectivity index (χ1) is 12.7. The summed E-state index contributed by atoms with van der Waals surface area (Å²) in [4.78, 5) is 12.2. The van der Waals surface area contributed by atoms with Gasteiger partial charge in [0.25, 0.3) is 5.91 Å². The van der Waals surface area contributed by atoms with Gasteiger partial charge in [-0.05, 0) is 64.0 Å². The molecule has 10 heteroatoms. The number of amides is 1. The van der Waals surface area contributed by atoms with Crippen LogP contribution in [0.5, 0.6) is 11.5 Å². The van der Waals surface area contributed by atoms with Gasteiger partial charge in [0.2, 0.25) is 10.0 Å². The summed E-state index contributed by atoms with van der Waals surface area (Å²) in [5.74, 6) is -0.622. The van der Waals surface area contributed by atoms with Crippen LogP contribution in [-0.2, 0) is 14.8 Å². The number of anilines is 1. The van der Waals surface area contributed by atoms with Gasteiger partial charge < -0.3 is 15.2 Å². The first-order valence-electron chi connectivity index (χ1n) is 7.28. The summed E-state index contributed by atoms with van der Waals surface area (Å²) in [6, 6.07) is 9.96. The Kier molecular flexibility index (Phi) is 6.22. The minimum atomic E-state index is -3.84. The third-order valence-corrected chi connectivity index (χ3v) is 4.92. The van der Waals surface area contributed by atoms with Crippen molar-refractivity contribution in [3.63, 3.8) is 0 Å². The number of ether oxygens (including phenoxy) is 1. The molecular formula is C17H14BrN3O5S. The molecule has 8 nitrogen and oxygen atoms in total. The zero-order chi connectivity index (χ0) is 20.2. The number of carbonyl (C=O) groups is 1. The number of nitriles is 1. The van der Waals surface area contributed by atoms with Crippen LogP contribution in [0.4, 0.5) is 5.69 Å². The van der Waals surface area contributed by atoms with Crippen LogP contribution in [0.15, 0.2) is 51.3 Å². The van der Waals surface area contributed by atoms with E-state index in [0.717, 1.165) is 0 Å². The van der Waals surface area contributed by atoms with Gasteiger partial charge >= 0.3 is 0 Å². The van der Waals surface area contributed by atoms with Gasteiger partial charge in [-0.2, -0.15) is 5.26 Å². The minimum absolute atomic E-state index is 0.0995. The zero-order valence-corrected chi connectivity index (χ0v) is 16.3. The first-order valence-corrected chi connectivity index (χ1v) is 9.62. The van der Waals surface area contributed by atoms with Crippen LogP contribution < -0.4 is 15.2 Å². The van der Waals surface area contributed by atoms with Crippen LogP contribution in [0.1, 0.15) is 5.56 Å². The van der Waals surface area contributed by atoms with E-state index in [1.54, 1.807) is 6.07 Å². The molecular weight excluding hydrogens is 438 g/mol. The number of phenolic OH excluding ortho intramolecular Hbond substituents is 1. The van der Waals surface area contributed by atoms with Gasteiger partial charge in [-0.15, -0.1) is 0 Å². The standard InChI is InChI=1S/C17H14BrN3O5S/c1-26-15-8-10(7-14(18)16(15)22)6-11(9-19)17(23)21-12-2-4-13(5-3-12)27(20,24)25/h2-8,22H,1H3,(H,21,23)(H2,20,24,25). The van der Waals surface area contributed by atoms with Gasteiger partial charge in [0.15, 0.2) is 11.5 Å². The Labute approximate surface area is 164 Å². The molecule has 0 atom stereocenters. The maximum Gasteiger partial charge on any atom is 0.266 e. The van der Waals surface area contributed by atoms with Crippen molar-refractivity contribution in [2.75, 3.05) is 12.4 Å². The van der Waals surface area contributed by atoms with Crippen LogP contribution in [0.25, 0.3) is 6.08 Å². The van der Waals surface area contributed by atoms with Gasteiger partial charge in [-0.25, -0.2) is 13.6 Å². The molecule has 0 heterocycles. The molecule has 0 saturated carbocycles. The number of nitrogens with zero attached hydrogens (tertiary/aromatic N) is 1. The lowest BCUT2D eigenvalue weighted by Gasteiger charge is -2.08. The predicted octanol–water partition coefficient (Wildman–Crippen LogP) is 2.36. The van der Waals surface area contributed by atoms with Crippen LogP contribution in [0.2, 0.25) is 0 Å². The Hall–Kier alpha value is -2.87. The highest BCUT2D eigenvalue weighted by Gasteiger charge is 2.13. The van der Waals surface area contributed by atoms with E-state index in [0.29, 0.717) is 10.0 Å². The Morgan fingerprint density at radius 3 is 2.48 bits per heavy atom. The maximum atomic E-state index is 12.3. The highest BCUT2D eigenvalue weighted by molar-refractivity contribution is 9.10. The number of nitrogens with two attached hydrogens (primary N) is 1. The SMILES string of the molecule is COc1cc(C=C(C#N)C(=O)Nc2ccc(S(N)(=O)=O)cc2)cc(Br)c1O. The van der Waals surface area contributed by atoms with Gasteiger partial charge in [0, 0.05) is 5.69 Å². The smallest absolute Gasteiger partial charge is 0.266 e. The van der Waals surface area contributed by atoms with Crippen molar-refractivity contribution in [3.05, 3.63) is 52.0 Å². The third kappa shape index (κ3) is 5.07. The molecule has 0 radical (unpaired) electrons. The summed E-state index contributed by atoms with van der Waals surface area (Å²) in [5, 5.41) is 26.6. The Bertz CT molecular complexity index is 1060. The summed E-state index contributed by atoms with van der Waals surface area (Å²) >= 11 is 3.16. The maximum absolute atomic E-state index is 12.3. The lowest BCUT2D eigenvalue weighted by Crippen LogP contribution is -2.14. The topological polar surface area (TPSA) is 143 Å². The molecule has 0 saturated heterocycles. The average molecular weight is 452 g/mol. The molecule has 0 bridgehead atoms. The second kappa shape index (κ2) is 8.22. The summed E-state index contributed by atoms with van der Waals surface area (Å²) in [5.41, 5.74) is 0.538. The van der Waals surface area contributed by atoms with E-state index in [-0.39, 0.29) is 27.7 Å². The molecule has 0 fully saturated rings. The number of nitrogens with one attached hydrogen (secondary N) is 1. The van der Waals surface area contributed by atoms with Crippen molar-refractivity contribution in [2.45, 2.75) is 4.90 Å². The molecule has 0 unspecified atom stereocenters. The number of halogens is 1. The number of primary sulfonamides is 1. The molecule has 0 aliphatic heterocycles. The lowest BCUT2D eigenvalue weighted by atomic mass is 10.1. The monoisotopic (exact) mass is 451 g/mol. The summed E-state index contributed by atoms with van der Waals surface area (Å²) in [7, 11) is -2.46. The molecule has 4 N–H and O–H groups in total. The first kappa shape index (κ1) is 20.4. The fourth-order valence-corrected chi connectivity index (χ4v) is 3.05. The van der Waals surface area contributed by atoms with Crippen LogP contribution >= 0.6 is 15.9 Å². The molecule has 27 heavy (non-hydrogen) atoms. The molecule has 0 aliphatic rings. The lowest BCUT2D eigenvalue weighted by molar-refractivity contribution is -0.112. The molecule has 2 aromatic carbocycles. The number of hydrogen-bond donors (Lipinski definition) is 3. The van der Waals surface area contributed by atoms with Crippen LogP contribution in [0.3, 0.4) is 0 Å². The second-order valence-corrected chi connectivity index (χ2v) is 7.66. The van der Waals surface area contributed by atoms with E-state index >= 15 is 0 Å². The zero-order valence-electron chi connectivity index (χ0n) is 13.9. The quantitative estimate of drug-likeness (QED) is 0.470. The number of sulfonamides is 1. The van der Waals surface area contributed by atoms with Gasteiger partial charge in [0.1, 0.15) is 11.6 Å². The number of rotatable bonds is 5. The average Bonchev–Trinajstić information content (AvgIpc) is 2.61. The molecule has 140 valence electrons. The van der Waals surface area contributed by atoms with Gasteiger partial charge in [0.05, 0.1) is 16.5 Å². The Balaban J connectivity index is 2.27. The number of phenols is 1. The van der Waals surface area contributed by atoms with E-state index in [1.807, 2.05) is 0 Å². The van der Waals surface area contributed by atoms with E-state index in [2.05, 4.69) is 21.2 Å². The van der Waals surface area contributed by atoms with Crippen molar-refractivity contribution < 1.29 is 23.1 Å². The summed E-state index contributed by atoms with van der Waals surface area (Å²) in [6.07, 6.45) is 1.32. The minimum Gasteiger partial charge on any atom is -0.503 e. The van der Waals surface area contributed by atoms with E-state index < -0.39 is 15.9 Å². The van der Waals surface area contributed by atoms with E-state index in [9.17, 15) is 23.6 Å². The Morgan fingerprint density at radius 2 is 1.96 bits per heavy atom. The molecule has 2 aromatic rings. The summed E-state index contributed by atoms with van der Waals surface area (Å²) in [6.45, 7) is 0. The van der Waals surface area contributed by atoms with E-state index in [4.69, 9.17) is 9.88 Å². The molecule has 0 spiro atoms. The number of hydrogen-bond acceptors (Lipinski definition) is 6. The Morgan fingerprint density at radius 1 is 1.33 bits per heavy atom. The molecule has 0 aromatic heterocycles. The van der Waals surface area contributed by atoms with Gasteiger partial charge in [-0.3, -0.25) is 4.79 Å². The van der Waals surface area contributed by atoms with Crippen molar-refractivity contribution in [1.82, 2.24) is 0 Å². The second-order valence-electron chi connectivity index (χ2n) is 5.25. The summed E-state index contributed by atoms with van der Waals surface area (Å²) < 4.78 is 27.8. The number of carbonyl (C=O) groups excluding carboxylic acids is 1. The predicted molar refractivity (Wildman–Crippen MR) is 102 cm³/mol. The number of aromatic hydroxyl groups is 1. The third-order valence-electron chi connectivity index (χ3n) is 3.39. The molecule has 0 aliphatic carbocycles. The normalized spacial score (nSPS) is 11.6. The van der Waals surface area contributed by atoms with Gasteiger partial charge in [-0.1, -0.05) is 0 Å². The largest absolute Gasteiger partial charge is 0.503 e. The fourth-order valence-electron chi connectivity index (χ4n) is 2.07. The van der Waals surface area contributed by atoms with Crippen LogP contribution in [0, 0.1) is 11.3 Å². The van der Waals surface area contributed by atoms with Crippen molar-refractivity contribution in [1.29, 1.82) is 5.26 Å². The van der Waals surface area contributed by atoms with Crippen LogP contribution in [-0.4, -0.2) is 26.5 Å². The molecule has 2 rings (SSSR count). The van der Waals surface area contributed by atoms with E-state index in [1.165, 1.54) is 49.6 Å².